The summed E-state index contributed by atoms with van der Waals surface area (Å²) in [6.45, 7) is 0. The van der Waals surface area contributed by atoms with E-state index in [2.05, 4.69) is 15.4 Å². The van der Waals surface area contributed by atoms with Crippen molar-refractivity contribution in [3.63, 3.8) is 0 Å². The standard InChI is InChI=1S/C2H3N3.BF4.Cu/c1-2-4-5-3-1;2-1(3,4)5;/h1-2H,(H,3,4,5);;/q;-1;/p+1. The number of nitrogens with one attached hydrogen (secondary N) is 1. The van der Waals surface area contributed by atoms with Gasteiger partial charge in [-0.1, -0.05) is 0 Å². The first-order chi connectivity index (χ1) is 4.50. The molecule has 1 aromatic rings. The Bertz CT molecular complexity index is 135. The van der Waals surface area contributed by atoms with E-state index in [0.29, 0.717) is 0 Å². The van der Waals surface area contributed by atoms with Crippen molar-refractivity contribution in [2.45, 2.75) is 0 Å². The van der Waals surface area contributed by atoms with Gasteiger partial charge in [0, 0.05) is 17.1 Å². The molecule has 0 unspecified atom stereocenters. The maximum absolute atomic E-state index is 9.75. The van der Waals surface area contributed by atoms with Crippen LogP contribution in [0.15, 0.2) is 12.4 Å². The average molecular weight is 220 g/mol. The second-order valence-corrected chi connectivity index (χ2v) is 1.15. The van der Waals surface area contributed by atoms with Gasteiger partial charge in [-0.05, 0) is 0 Å². The monoisotopic (exact) mass is 220 g/mol. The zero-order valence-corrected chi connectivity index (χ0v) is 5.88. The quantitative estimate of drug-likeness (QED) is 0.527. The maximum atomic E-state index is 9.75. The summed E-state index contributed by atoms with van der Waals surface area (Å²) >= 11 is 0. The first kappa shape index (κ1) is 13.1. The SMILES string of the molecule is F[B-](F)(F)F.[Cu].[H+].c1cn[nH]n1. The number of aromatic amines is 1. The molecule has 0 atom stereocenters. The van der Waals surface area contributed by atoms with Crippen molar-refractivity contribution in [1.29, 1.82) is 0 Å². The molecule has 0 bridgehead atoms. The van der Waals surface area contributed by atoms with Gasteiger partial charge in [-0.25, -0.2) is 0 Å². The Morgan fingerprint density at radius 2 is 1.36 bits per heavy atom. The van der Waals surface area contributed by atoms with Gasteiger partial charge in [0.05, 0.1) is 12.4 Å². The molecule has 0 aliphatic carbocycles. The fourth-order valence-electron chi connectivity index (χ4n) is 0.167. The molecule has 0 saturated carbocycles. The zero-order chi connectivity index (χ0) is 8.04. The number of H-pyrrole nitrogens is 1. The minimum Gasteiger partial charge on any atom is -0.418 e. The third kappa shape index (κ3) is 26.5. The molecule has 0 aliphatic heterocycles. The predicted octanol–water partition coefficient (Wildman–Crippen LogP) is 1.21. The van der Waals surface area contributed by atoms with Crippen LogP contribution in [0, 0.1) is 0 Å². The van der Waals surface area contributed by atoms with E-state index in [0.717, 1.165) is 0 Å². The van der Waals surface area contributed by atoms with Crippen molar-refractivity contribution < 1.29 is 35.8 Å². The third-order valence-electron chi connectivity index (χ3n) is 0.331. The van der Waals surface area contributed by atoms with Crippen LogP contribution in [-0.4, -0.2) is 22.7 Å². The smallest absolute Gasteiger partial charge is 0.418 e. The Morgan fingerprint density at radius 3 is 1.45 bits per heavy atom. The van der Waals surface area contributed by atoms with Gasteiger partial charge in [-0.2, -0.15) is 15.4 Å². The second-order valence-electron chi connectivity index (χ2n) is 1.15. The van der Waals surface area contributed by atoms with Gasteiger partial charge >= 0.3 is 8.68 Å². The molecule has 11 heavy (non-hydrogen) atoms. The van der Waals surface area contributed by atoms with E-state index in [1.165, 1.54) is 0 Å². The van der Waals surface area contributed by atoms with Gasteiger partial charge in [-0.15, -0.1) is 0 Å². The molecule has 1 rings (SSSR count). The van der Waals surface area contributed by atoms with Crippen LogP contribution in [0.5, 0.6) is 0 Å². The molecule has 69 valence electrons. The molecule has 3 nitrogen and oxygen atoms in total. The minimum absolute atomic E-state index is 0. The van der Waals surface area contributed by atoms with Crippen molar-refractivity contribution in [3.05, 3.63) is 12.4 Å². The number of hydrogen-bond acceptors (Lipinski definition) is 2. The van der Waals surface area contributed by atoms with Gasteiger partial charge in [0.15, 0.2) is 0 Å². The van der Waals surface area contributed by atoms with Gasteiger partial charge in [0.25, 0.3) is 0 Å². The van der Waals surface area contributed by atoms with E-state index in [1.807, 2.05) is 0 Å². The number of halogens is 4. The number of rotatable bonds is 0. The molecular formula is C2H4BCuF4N3. The van der Waals surface area contributed by atoms with Crippen LogP contribution in [0.1, 0.15) is 1.43 Å². The van der Waals surface area contributed by atoms with Crippen molar-refractivity contribution in [2.24, 2.45) is 0 Å². The normalized spacial score (nSPS) is 9.09. The Labute approximate surface area is 71.6 Å². The molecule has 0 saturated heterocycles. The average Bonchev–Trinajstić information content (AvgIpc) is 2.07. The van der Waals surface area contributed by atoms with Gasteiger partial charge in [0.1, 0.15) is 0 Å². The predicted molar refractivity (Wildman–Crippen MR) is 27.7 cm³/mol. The number of hydrogen-bond donors (Lipinski definition) is 1. The van der Waals surface area contributed by atoms with E-state index >= 15 is 0 Å². The van der Waals surface area contributed by atoms with Crippen LogP contribution in [0.25, 0.3) is 0 Å². The van der Waals surface area contributed by atoms with E-state index in [1.54, 1.807) is 12.4 Å². The first-order valence-corrected chi connectivity index (χ1v) is 2.17. The summed E-state index contributed by atoms with van der Waals surface area (Å²) in [5.41, 5.74) is 0. The Hall–Kier alpha value is -0.556. The fourth-order valence-corrected chi connectivity index (χ4v) is 0.167. The molecule has 1 N–H and O–H groups in total. The molecule has 1 aromatic heterocycles. The Balaban J connectivity index is -0.000000116. The van der Waals surface area contributed by atoms with Crippen LogP contribution >= 0.6 is 0 Å². The molecule has 9 heteroatoms. The van der Waals surface area contributed by atoms with Crippen molar-refractivity contribution in [2.75, 3.05) is 0 Å². The van der Waals surface area contributed by atoms with Crippen molar-refractivity contribution >= 4 is 7.25 Å². The minimum atomic E-state index is -6.00. The third-order valence-corrected chi connectivity index (χ3v) is 0.331. The molecular weight excluding hydrogens is 216 g/mol. The number of nitrogens with zero attached hydrogens (tertiary/aromatic N) is 2. The topological polar surface area (TPSA) is 41.6 Å². The Kier molecular flexibility index (Phi) is 7.33. The summed E-state index contributed by atoms with van der Waals surface area (Å²) < 4.78 is 39.0. The largest absolute Gasteiger partial charge is 1.00 e. The summed E-state index contributed by atoms with van der Waals surface area (Å²) in [4.78, 5) is 0. The van der Waals surface area contributed by atoms with Crippen LogP contribution in [-0.2, 0) is 17.1 Å². The fraction of sp³-hybridized carbons (Fsp3) is 0. The van der Waals surface area contributed by atoms with E-state index in [4.69, 9.17) is 0 Å². The molecule has 0 amide bonds. The van der Waals surface area contributed by atoms with Gasteiger partial charge < -0.3 is 17.3 Å². The molecule has 0 fully saturated rings. The van der Waals surface area contributed by atoms with Crippen molar-refractivity contribution in [3.8, 4) is 0 Å². The van der Waals surface area contributed by atoms with Crippen LogP contribution in [0.2, 0.25) is 0 Å². The summed E-state index contributed by atoms with van der Waals surface area (Å²) in [5, 5.41) is 9.33. The molecule has 1 heterocycles. The van der Waals surface area contributed by atoms with Gasteiger partial charge in [-0.3, -0.25) is 0 Å². The van der Waals surface area contributed by atoms with Crippen molar-refractivity contribution in [1.82, 2.24) is 15.4 Å². The second kappa shape index (κ2) is 6.17. The molecule has 0 aliphatic rings. The first-order valence-electron chi connectivity index (χ1n) is 2.17. The maximum Gasteiger partial charge on any atom is 1.00 e. The molecule has 1 radical (unpaired) electrons. The molecule has 0 spiro atoms. The van der Waals surface area contributed by atoms with Crippen LogP contribution in [0.4, 0.5) is 17.3 Å². The van der Waals surface area contributed by atoms with E-state index in [9.17, 15) is 17.3 Å². The summed E-state index contributed by atoms with van der Waals surface area (Å²) in [6.07, 6.45) is 3.17. The summed E-state index contributed by atoms with van der Waals surface area (Å²) in [6, 6.07) is 0. The zero-order valence-electron chi connectivity index (χ0n) is 5.94. The van der Waals surface area contributed by atoms with Crippen LogP contribution < -0.4 is 0 Å². The van der Waals surface area contributed by atoms with E-state index < -0.39 is 7.25 Å². The summed E-state index contributed by atoms with van der Waals surface area (Å²) in [7, 11) is -6.00. The van der Waals surface area contributed by atoms with E-state index in [-0.39, 0.29) is 18.5 Å². The molecule has 0 aromatic carbocycles. The number of aromatic nitrogens is 3. The van der Waals surface area contributed by atoms with Gasteiger partial charge in [0.2, 0.25) is 0 Å². The van der Waals surface area contributed by atoms with Crippen LogP contribution in [0.3, 0.4) is 0 Å². The summed E-state index contributed by atoms with van der Waals surface area (Å²) in [5.74, 6) is 0. The Morgan fingerprint density at radius 1 is 1.09 bits per heavy atom.